The van der Waals surface area contributed by atoms with E-state index >= 15 is 0 Å². The van der Waals surface area contributed by atoms with Crippen LogP contribution in [0.4, 0.5) is 13.2 Å². The molecule has 1 nitrogen and oxygen atoms in total. The first-order chi connectivity index (χ1) is 6.91. The Kier molecular flexibility index (Phi) is 3.52. The molecule has 1 aromatic carbocycles. The van der Waals surface area contributed by atoms with Crippen LogP contribution in [0.1, 0.15) is 19.4 Å². The van der Waals surface area contributed by atoms with E-state index in [4.69, 9.17) is 5.11 Å². The predicted octanol–water partition coefficient (Wildman–Crippen LogP) is 2.89. The van der Waals surface area contributed by atoms with Crippen LogP contribution in [0.2, 0.25) is 0 Å². The molecule has 0 saturated carbocycles. The fourth-order valence-corrected chi connectivity index (χ4v) is 1.01. The van der Waals surface area contributed by atoms with Crippen molar-refractivity contribution in [1.29, 1.82) is 0 Å². The van der Waals surface area contributed by atoms with Crippen LogP contribution < -0.4 is 0 Å². The summed E-state index contributed by atoms with van der Waals surface area (Å²) in [7, 11) is 0. The summed E-state index contributed by atoms with van der Waals surface area (Å²) in [5, 5.41) is 9.14. The third-order valence-corrected chi connectivity index (χ3v) is 2.08. The molecule has 1 atom stereocenters. The van der Waals surface area contributed by atoms with Gasteiger partial charge in [0, 0.05) is 11.6 Å². The van der Waals surface area contributed by atoms with Gasteiger partial charge in [-0.1, -0.05) is 6.08 Å². The highest BCUT2D eigenvalue weighted by molar-refractivity contribution is 5.54. The largest absolute Gasteiger partial charge is 0.389 e. The van der Waals surface area contributed by atoms with Crippen LogP contribution in [0.15, 0.2) is 17.7 Å². The number of halogens is 3. The molecule has 0 heterocycles. The predicted molar refractivity (Wildman–Crippen MR) is 51.6 cm³/mol. The second-order valence-electron chi connectivity index (χ2n) is 3.35. The van der Waals surface area contributed by atoms with Gasteiger partial charge in [0.05, 0.1) is 6.10 Å². The first-order valence-corrected chi connectivity index (χ1v) is 4.42. The molecule has 0 radical (unpaired) electrons. The van der Waals surface area contributed by atoms with Crippen molar-refractivity contribution >= 4 is 6.08 Å². The fraction of sp³-hybridized carbons (Fsp3) is 0.273. The Bertz CT molecular complexity index is 397. The Morgan fingerprint density at radius 1 is 1.20 bits per heavy atom. The fourth-order valence-electron chi connectivity index (χ4n) is 1.01. The molecule has 82 valence electrons. The van der Waals surface area contributed by atoms with Crippen LogP contribution >= 0.6 is 0 Å². The van der Waals surface area contributed by atoms with Crippen molar-refractivity contribution in [2.45, 2.75) is 20.0 Å². The molecule has 0 aliphatic heterocycles. The Morgan fingerprint density at radius 2 is 1.73 bits per heavy atom. The Morgan fingerprint density at radius 3 is 2.27 bits per heavy atom. The number of benzene rings is 1. The third-order valence-electron chi connectivity index (χ3n) is 2.08. The molecule has 0 aromatic heterocycles. The summed E-state index contributed by atoms with van der Waals surface area (Å²) in [6, 6.07) is 1.24. The molecule has 15 heavy (non-hydrogen) atoms. The number of hydrogen-bond acceptors (Lipinski definition) is 1. The molecule has 1 N–H and O–H groups in total. The lowest BCUT2D eigenvalue weighted by Crippen LogP contribution is -2.01. The van der Waals surface area contributed by atoms with E-state index in [1.54, 1.807) is 6.92 Å². The maximum absolute atomic E-state index is 13.1. The van der Waals surface area contributed by atoms with Gasteiger partial charge < -0.3 is 5.11 Å². The van der Waals surface area contributed by atoms with Gasteiger partial charge in [0.1, 0.15) is 5.82 Å². The quantitative estimate of drug-likeness (QED) is 0.753. The van der Waals surface area contributed by atoms with Crippen LogP contribution in [0, 0.1) is 17.5 Å². The van der Waals surface area contributed by atoms with Crippen molar-refractivity contribution in [2.75, 3.05) is 0 Å². The van der Waals surface area contributed by atoms with Crippen LogP contribution in [0.5, 0.6) is 0 Å². The van der Waals surface area contributed by atoms with Crippen LogP contribution in [-0.4, -0.2) is 11.2 Å². The lowest BCUT2D eigenvalue weighted by Gasteiger charge is -2.05. The van der Waals surface area contributed by atoms with Crippen molar-refractivity contribution < 1.29 is 18.3 Å². The number of aliphatic hydroxyl groups excluding tert-OH is 1. The van der Waals surface area contributed by atoms with E-state index in [2.05, 4.69) is 0 Å². The summed E-state index contributed by atoms with van der Waals surface area (Å²) < 4.78 is 38.5. The second-order valence-corrected chi connectivity index (χ2v) is 3.35. The molecule has 1 rings (SSSR count). The molecule has 1 unspecified atom stereocenters. The molecule has 4 heteroatoms. The summed E-state index contributed by atoms with van der Waals surface area (Å²) in [6.07, 6.45) is 0.528. The Hall–Kier alpha value is -1.29. The highest BCUT2D eigenvalue weighted by Gasteiger charge is 2.09. The minimum Gasteiger partial charge on any atom is -0.389 e. The summed E-state index contributed by atoms with van der Waals surface area (Å²) >= 11 is 0. The van der Waals surface area contributed by atoms with Gasteiger partial charge in [-0.2, -0.15) is 0 Å². The van der Waals surface area contributed by atoms with Crippen molar-refractivity contribution in [3.05, 3.63) is 40.7 Å². The van der Waals surface area contributed by atoms with Crippen molar-refractivity contribution in [3.8, 4) is 0 Å². The number of aliphatic hydroxyl groups is 1. The SMILES string of the molecule is C/C(=C\c1cc(F)c(F)cc1F)C(C)O. The molecule has 0 bridgehead atoms. The van der Waals surface area contributed by atoms with E-state index in [0.717, 1.165) is 6.07 Å². The van der Waals surface area contributed by atoms with E-state index in [0.29, 0.717) is 11.6 Å². The van der Waals surface area contributed by atoms with E-state index in [9.17, 15) is 13.2 Å². The van der Waals surface area contributed by atoms with Crippen molar-refractivity contribution in [2.24, 2.45) is 0 Å². The molecule has 0 aliphatic carbocycles. The maximum atomic E-state index is 13.1. The van der Waals surface area contributed by atoms with Crippen LogP contribution in [0.25, 0.3) is 6.08 Å². The first kappa shape index (κ1) is 11.8. The van der Waals surface area contributed by atoms with Gasteiger partial charge in [0.25, 0.3) is 0 Å². The molecule has 1 aromatic rings. The van der Waals surface area contributed by atoms with Crippen LogP contribution in [0.3, 0.4) is 0 Å². The molecule has 0 spiro atoms. The summed E-state index contributed by atoms with van der Waals surface area (Å²) in [4.78, 5) is 0. The number of rotatable bonds is 2. The monoisotopic (exact) mass is 216 g/mol. The van der Waals surface area contributed by atoms with Gasteiger partial charge in [-0.25, -0.2) is 13.2 Å². The van der Waals surface area contributed by atoms with Gasteiger partial charge in [-0.05, 0) is 25.5 Å². The second kappa shape index (κ2) is 4.49. The van der Waals surface area contributed by atoms with Crippen molar-refractivity contribution in [1.82, 2.24) is 0 Å². The molecule has 0 fully saturated rings. The molecular formula is C11H11F3O. The Balaban J connectivity index is 3.16. The van der Waals surface area contributed by atoms with Gasteiger partial charge in [0.2, 0.25) is 0 Å². The highest BCUT2D eigenvalue weighted by atomic mass is 19.2. The van der Waals surface area contributed by atoms with Gasteiger partial charge in [-0.15, -0.1) is 0 Å². The average Bonchev–Trinajstić information content (AvgIpc) is 2.13. The minimum absolute atomic E-state index is 0.0766. The maximum Gasteiger partial charge on any atom is 0.161 e. The number of hydrogen-bond donors (Lipinski definition) is 1. The van der Waals surface area contributed by atoms with Gasteiger partial charge >= 0.3 is 0 Å². The summed E-state index contributed by atoms with van der Waals surface area (Å²) in [5.41, 5.74) is 0.396. The molecule has 0 amide bonds. The zero-order chi connectivity index (χ0) is 11.6. The average molecular weight is 216 g/mol. The van der Waals surface area contributed by atoms with Crippen molar-refractivity contribution in [3.63, 3.8) is 0 Å². The highest BCUT2D eigenvalue weighted by Crippen LogP contribution is 2.17. The Labute approximate surface area is 85.9 Å². The smallest absolute Gasteiger partial charge is 0.161 e. The zero-order valence-corrected chi connectivity index (χ0v) is 8.39. The van der Waals surface area contributed by atoms with E-state index in [-0.39, 0.29) is 5.56 Å². The minimum atomic E-state index is -1.22. The summed E-state index contributed by atoms with van der Waals surface area (Å²) in [6.45, 7) is 3.08. The molecule has 0 saturated heterocycles. The first-order valence-electron chi connectivity index (χ1n) is 4.42. The summed E-state index contributed by atoms with van der Waals surface area (Å²) in [5.74, 6) is -3.19. The lowest BCUT2D eigenvalue weighted by atomic mass is 10.1. The molecular weight excluding hydrogens is 205 g/mol. The zero-order valence-electron chi connectivity index (χ0n) is 8.39. The topological polar surface area (TPSA) is 20.2 Å². The normalized spacial score (nSPS) is 14.1. The molecule has 0 aliphatic rings. The van der Waals surface area contributed by atoms with E-state index < -0.39 is 23.6 Å². The lowest BCUT2D eigenvalue weighted by molar-refractivity contribution is 0.232. The standard InChI is InChI=1S/C11H11F3O/c1-6(7(2)15)3-8-4-10(13)11(14)5-9(8)12/h3-5,7,15H,1-2H3/b6-3+. The van der Waals surface area contributed by atoms with Gasteiger partial charge in [-0.3, -0.25) is 0 Å². The van der Waals surface area contributed by atoms with E-state index in [1.165, 1.54) is 13.0 Å². The van der Waals surface area contributed by atoms with E-state index in [1.807, 2.05) is 0 Å². The van der Waals surface area contributed by atoms with Crippen LogP contribution in [-0.2, 0) is 0 Å². The third kappa shape index (κ3) is 2.83. The van der Waals surface area contributed by atoms with Gasteiger partial charge in [0.15, 0.2) is 11.6 Å².